The van der Waals surface area contributed by atoms with E-state index in [0.717, 1.165) is 7.11 Å². The highest BCUT2D eigenvalue weighted by Crippen LogP contribution is 2.25. The van der Waals surface area contributed by atoms with Crippen molar-refractivity contribution in [3.63, 3.8) is 0 Å². The van der Waals surface area contributed by atoms with Crippen molar-refractivity contribution in [2.24, 2.45) is 5.73 Å². The van der Waals surface area contributed by atoms with Crippen LogP contribution in [0.5, 0.6) is 0 Å². The van der Waals surface area contributed by atoms with Gasteiger partial charge in [-0.3, -0.25) is 9.78 Å². The van der Waals surface area contributed by atoms with Crippen LogP contribution < -0.4 is 5.73 Å². The number of hydrogen-bond donors (Lipinski definition) is 1. The molecular weight excluding hydrogens is 237 g/mol. The lowest BCUT2D eigenvalue weighted by molar-refractivity contribution is -0.139. The average Bonchev–Trinajstić information content (AvgIpc) is 2.28. The van der Waals surface area contributed by atoms with E-state index in [1.54, 1.807) is 0 Å². The number of methoxy groups -OCH3 is 1. The van der Waals surface area contributed by atoms with Crippen molar-refractivity contribution in [1.82, 2.24) is 4.98 Å². The normalized spacial score (nSPS) is 10.7. The quantitative estimate of drug-likeness (QED) is 0.816. The van der Waals surface area contributed by atoms with Gasteiger partial charge in [0.1, 0.15) is 5.82 Å². The molecule has 0 amide bonds. The molecule has 0 unspecified atom stereocenters. The first-order chi connectivity index (χ1) is 8.01. The van der Waals surface area contributed by atoms with Crippen LogP contribution in [-0.4, -0.2) is 18.1 Å². The largest absolute Gasteiger partial charge is 0.469 e. The minimum atomic E-state index is -2.97. The molecule has 0 fully saturated rings. The first-order valence-corrected chi connectivity index (χ1v) is 4.72. The van der Waals surface area contributed by atoms with Gasteiger partial charge in [-0.05, 0) is 0 Å². The molecule has 0 aliphatic rings. The van der Waals surface area contributed by atoms with Crippen LogP contribution in [0.15, 0.2) is 6.20 Å². The molecule has 1 heterocycles. The van der Waals surface area contributed by atoms with E-state index in [4.69, 9.17) is 5.73 Å². The Kier molecular flexibility index (Phi) is 4.45. The van der Waals surface area contributed by atoms with Crippen LogP contribution in [0.25, 0.3) is 0 Å². The summed E-state index contributed by atoms with van der Waals surface area (Å²) in [5, 5.41) is 0. The molecule has 4 nitrogen and oxygen atoms in total. The average molecular weight is 248 g/mol. The van der Waals surface area contributed by atoms with Crippen LogP contribution in [-0.2, 0) is 22.5 Å². The predicted octanol–water partition coefficient (Wildman–Crippen LogP) is 1.33. The second-order valence-electron chi connectivity index (χ2n) is 3.21. The highest BCUT2D eigenvalue weighted by Gasteiger charge is 2.21. The Morgan fingerprint density at radius 1 is 1.59 bits per heavy atom. The summed E-state index contributed by atoms with van der Waals surface area (Å²) in [6, 6.07) is 0. The minimum Gasteiger partial charge on any atom is -0.469 e. The van der Waals surface area contributed by atoms with Gasteiger partial charge in [0.05, 0.1) is 24.8 Å². The van der Waals surface area contributed by atoms with E-state index in [1.807, 2.05) is 0 Å². The molecule has 2 N–H and O–H groups in total. The van der Waals surface area contributed by atoms with E-state index >= 15 is 0 Å². The summed E-state index contributed by atoms with van der Waals surface area (Å²) in [4.78, 5) is 14.6. The molecule has 7 heteroatoms. The van der Waals surface area contributed by atoms with Gasteiger partial charge in [-0.25, -0.2) is 13.2 Å². The SMILES string of the molecule is COC(=O)Cc1ncc(C(F)F)c(F)c1CN. The predicted molar refractivity (Wildman–Crippen MR) is 52.8 cm³/mol. The number of carbonyl (C=O) groups is 1. The molecule has 0 radical (unpaired) electrons. The summed E-state index contributed by atoms with van der Waals surface area (Å²) in [7, 11) is 1.16. The van der Waals surface area contributed by atoms with E-state index in [9.17, 15) is 18.0 Å². The summed E-state index contributed by atoms with van der Waals surface area (Å²) < 4.78 is 42.8. The van der Waals surface area contributed by atoms with Crippen molar-refractivity contribution in [1.29, 1.82) is 0 Å². The van der Waals surface area contributed by atoms with Crippen LogP contribution in [0.3, 0.4) is 0 Å². The van der Waals surface area contributed by atoms with Crippen LogP contribution in [0.1, 0.15) is 23.2 Å². The maximum Gasteiger partial charge on any atom is 0.311 e. The zero-order valence-electron chi connectivity index (χ0n) is 9.04. The monoisotopic (exact) mass is 248 g/mol. The molecule has 0 saturated carbocycles. The van der Waals surface area contributed by atoms with Crippen molar-refractivity contribution in [2.45, 2.75) is 19.4 Å². The third-order valence-corrected chi connectivity index (χ3v) is 2.20. The van der Waals surface area contributed by atoms with E-state index < -0.39 is 23.8 Å². The Bertz CT molecular complexity index is 424. The van der Waals surface area contributed by atoms with E-state index in [2.05, 4.69) is 9.72 Å². The van der Waals surface area contributed by atoms with Crippen molar-refractivity contribution < 1.29 is 22.7 Å². The van der Waals surface area contributed by atoms with Gasteiger partial charge in [0.2, 0.25) is 0 Å². The maximum atomic E-state index is 13.6. The molecular formula is C10H11F3N2O2. The number of pyridine rings is 1. The van der Waals surface area contributed by atoms with Gasteiger partial charge in [-0.15, -0.1) is 0 Å². The zero-order valence-corrected chi connectivity index (χ0v) is 9.04. The number of carbonyl (C=O) groups excluding carboxylic acids is 1. The summed E-state index contributed by atoms with van der Waals surface area (Å²) in [6.45, 7) is -0.314. The number of esters is 1. The minimum absolute atomic E-state index is 0.0150. The summed E-state index contributed by atoms with van der Waals surface area (Å²) >= 11 is 0. The van der Waals surface area contributed by atoms with E-state index in [-0.39, 0.29) is 24.2 Å². The lowest BCUT2D eigenvalue weighted by atomic mass is 10.1. The molecule has 0 aliphatic heterocycles. The van der Waals surface area contributed by atoms with E-state index in [0.29, 0.717) is 6.20 Å². The summed E-state index contributed by atoms with van der Waals surface area (Å²) in [5.41, 5.74) is 4.27. The number of alkyl halides is 2. The standard InChI is InChI=1S/C10H11F3N2O2/c1-17-8(16)2-7-5(3-14)9(11)6(4-15-7)10(12)13/h4,10H,2-3,14H2,1H3. The fourth-order valence-electron chi connectivity index (χ4n) is 1.30. The van der Waals surface area contributed by atoms with Crippen molar-refractivity contribution in [3.05, 3.63) is 28.8 Å². The smallest absolute Gasteiger partial charge is 0.311 e. The topological polar surface area (TPSA) is 65.2 Å². The lowest BCUT2D eigenvalue weighted by Gasteiger charge is -2.10. The third-order valence-electron chi connectivity index (χ3n) is 2.20. The third kappa shape index (κ3) is 2.94. The van der Waals surface area contributed by atoms with E-state index in [1.165, 1.54) is 0 Å². The summed E-state index contributed by atoms with van der Waals surface area (Å²) in [6.07, 6.45) is -2.57. The molecule has 0 aliphatic carbocycles. The van der Waals surface area contributed by atoms with Crippen LogP contribution >= 0.6 is 0 Å². The van der Waals surface area contributed by atoms with Gasteiger partial charge in [-0.1, -0.05) is 0 Å². The number of rotatable bonds is 4. The number of nitrogens with zero attached hydrogens (tertiary/aromatic N) is 1. The Balaban J connectivity index is 3.16. The molecule has 1 aromatic heterocycles. The number of aromatic nitrogens is 1. The van der Waals surface area contributed by atoms with Crippen LogP contribution in [0.4, 0.5) is 13.2 Å². The van der Waals surface area contributed by atoms with Gasteiger partial charge in [0.25, 0.3) is 6.43 Å². The Labute approximate surface area is 95.6 Å². The van der Waals surface area contributed by atoms with Crippen molar-refractivity contribution >= 4 is 5.97 Å². The van der Waals surface area contributed by atoms with Gasteiger partial charge >= 0.3 is 5.97 Å². The van der Waals surface area contributed by atoms with Crippen LogP contribution in [0, 0.1) is 5.82 Å². The Morgan fingerprint density at radius 2 is 2.24 bits per heavy atom. The molecule has 0 aromatic carbocycles. The highest BCUT2D eigenvalue weighted by atomic mass is 19.3. The Hall–Kier alpha value is -1.63. The van der Waals surface area contributed by atoms with Gasteiger partial charge in [-0.2, -0.15) is 0 Å². The van der Waals surface area contributed by atoms with Gasteiger partial charge in [0, 0.05) is 18.3 Å². The number of ether oxygens (including phenoxy) is 1. The number of halogens is 3. The zero-order chi connectivity index (χ0) is 13.0. The molecule has 0 atom stereocenters. The maximum absolute atomic E-state index is 13.6. The molecule has 1 aromatic rings. The molecule has 0 saturated heterocycles. The van der Waals surface area contributed by atoms with Crippen molar-refractivity contribution in [2.75, 3.05) is 7.11 Å². The number of hydrogen-bond acceptors (Lipinski definition) is 4. The summed E-state index contributed by atoms with van der Waals surface area (Å²) in [5.74, 6) is -1.76. The fourth-order valence-corrected chi connectivity index (χ4v) is 1.30. The molecule has 17 heavy (non-hydrogen) atoms. The second kappa shape index (κ2) is 5.62. The molecule has 0 bridgehead atoms. The first-order valence-electron chi connectivity index (χ1n) is 4.72. The molecule has 1 rings (SSSR count). The van der Waals surface area contributed by atoms with Gasteiger partial charge < -0.3 is 10.5 Å². The first kappa shape index (κ1) is 13.4. The highest BCUT2D eigenvalue weighted by molar-refractivity contribution is 5.72. The van der Waals surface area contributed by atoms with Gasteiger partial charge in [0.15, 0.2) is 0 Å². The fraction of sp³-hybridized carbons (Fsp3) is 0.400. The molecule has 94 valence electrons. The van der Waals surface area contributed by atoms with Crippen LogP contribution in [0.2, 0.25) is 0 Å². The molecule has 0 spiro atoms. The van der Waals surface area contributed by atoms with Crippen molar-refractivity contribution in [3.8, 4) is 0 Å². The number of nitrogens with two attached hydrogens (primary N) is 1. The Morgan fingerprint density at radius 3 is 2.71 bits per heavy atom. The lowest BCUT2D eigenvalue weighted by Crippen LogP contribution is -2.14. The second-order valence-corrected chi connectivity index (χ2v) is 3.21.